The van der Waals surface area contributed by atoms with E-state index in [1.807, 2.05) is 41.3 Å². The molecule has 3 atom stereocenters. The minimum absolute atomic E-state index is 0.0601. The number of hydrogen-bond donors (Lipinski definition) is 1. The van der Waals surface area contributed by atoms with Crippen LogP contribution < -0.4 is 15.0 Å². The Morgan fingerprint density at radius 2 is 2.07 bits per heavy atom. The smallest absolute Gasteiger partial charge is 0.236 e. The molecular formula is C23H27N5O2. The largest absolute Gasteiger partial charge is 0.497 e. The molecule has 2 aliphatic heterocycles. The van der Waals surface area contributed by atoms with Crippen LogP contribution in [0.5, 0.6) is 5.75 Å². The third kappa shape index (κ3) is 4.10. The van der Waals surface area contributed by atoms with Gasteiger partial charge in [0.15, 0.2) is 0 Å². The summed E-state index contributed by atoms with van der Waals surface area (Å²) in [6.07, 6.45) is 3.74. The summed E-state index contributed by atoms with van der Waals surface area (Å²) in [5, 5.41) is 12.3. The first kappa shape index (κ1) is 20.2. The van der Waals surface area contributed by atoms with Crippen molar-refractivity contribution in [1.82, 2.24) is 15.2 Å². The summed E-state index contributed by atoms with van der Waals surface area (Å²) in [5.74, 6) is 1.85. The molecule has 0 spiro atoms. The maximum absolute atomic E-state index is 12.9. The molecular weight excluding hydrogens is 378 g/mol. The lowest BCUT2D eigenvalue weighted by Crippen LogP contribution is -2.57. The Labute approximate surface area is 177 Å². The van der Waals surface area contributed by atoms with Crippen molar-refractivity contribution in [3.63, 3.8) is 0 Å². The molecule has 1 aromatic carbocycles. The number of hydrogen-bond acceptors (Lipinski definition) is 6. The van der Waals surface area contributed by atoms with E-state index in [-0.39, 0.29) is 24.0 Å². The first-order chi connectivity index (χ1) is 14.6. The van der Waals surface area contributed by atoms with Crippen molar-refractivity contribution in [2.45, 2.75) is 37.9 Å². The summed E-state index contributed by atoms with van der Waals surface area (Å²) in [6, 6.07) is 14.4. The van der Waals surface area contributed by atoms with Crippen LogP contribution in [0.15, 0.2) is 42.6 Å². The van der Waals surface area contributed by atoms with E-state index in [2.05, 4.69) is 28.2 Å². The van der Waals surface area contributed by atoms with Gasteiger partial charge < -0.3 is 19.9 Å². The minimum atomic E-state index is 0.0601. The van der Waals surface area contributed by atoms with Crippen LogP contribution in [0.4, 0.5) is 5.82 Å². The van der Waals surface area contributed by atoms with Crippen LogP contribution >= 0.6 is 0 Å². The van der Waals surface area contributed by atoms with Crippen LogP contribution in [0.25, 0.3) is 0 Å². The number of nitrogens with zero attached hydrogens (tertiary/aromatic N) is 4. The van der Waals surface area contributed by atoms with Crippen LogP contribution in [0.2, 0.25) is 0 Å². The van der Waals surface area contributed by atoms with E-state index in [9.17, 15) is 4.79 Å². The number of likely N-dealkylation sites (tertiary alicyclic amines) is 1. The second-order valence-corrected chi connectivity index (χ2v) is 7.99. The van der Waals surface area contributed by atoms with Crippen molar-refractivity contribution in [3.8, 4) is 11.8 Å². The zero-order valence-corrected chi connectivity index (χ0v) is 17.4. The monoisotopic (exact) mass is 405 g/mol. The second-order valence-electron chi connectivity index (χ2n) is 7.99. The Hall–Kier alpha value is -3.11. The number of pyridine rings is 1. The molecule has 2 aromatic rings. The molecule has 156 valence electrons. The summed E-state index contributed by atoms with van der Waals surface area (Å²) in [4.78, 5) is 21.7. The highest BCUT2D eigenvalue weighted by atomic mass is 16.5. The minimum Gasteiger partial charge on any atom is -0.497 e. The third-order valence-corrected chi connectivity index (χ3v) is 6.13. The molecule has 30 heavy (non-hydrogen) atoms. The third-order valence-electron chi connectivity index (χ3n) is 6.13. The van der Waals surface area contributed by atoms with Crippen molar-refractivity contribution in [2.24, 2.45) is 0 Å². The maximum Gasteiger partial charge on any atom is 0.236 e. The van der Waals surface area contributed by atoms with E-state index in [0.29, 0.717) is 25.2 Å². The molecule has 0 radical (unpaired) electrons. The highest BCUT2D eigenvalue weighted by molar-refractivity contribution is 5.79. The van der Waals surface area contributed by atoms with Gasteiger partial charge in [-0.3, -0.25) is 4.79 Å². The van der Waals surface area contributed by atoms with E-state index < -0.39 is 0 Å². The van der Waals surface area contributed by atoms with Gasteiger partial charge in [-0.15, -0.1) is 0 Å². The Morgan fingerprint density at radius 3 is 2.70 bits per heavy atom. The number of fused-ring (bicyclic) bond motifs is 2. The summed E-state index contributed by atoms with van der Waals surface area (Å²) < 4.78 is 5.29. The predicted octanol–water partition coefficient (Wildman–Crippen LogP) is 2.49. The fourth-order valence-corrected chi connectivity index (χ4v) is 4.47. The topological polar surface area (TPSA) is 81.5 Å². The summed E-state index contributed by atoms with van der Waals surface area (Å²) in [6.45, 7) is 3.80. The average molecular weight is 406 g/mol. The van der Waals surface area contributed by atoms with Gasteiger partial charge in [0.05, 0.1) is 19.2 Å². The number of carbonyl (C=O) groups is 1. The molecule has 1 aromatic heterocycles. The average Bonchev–Trinajstić information content (AvgIpc) is 3.06. The number of anilines is 1. The van der Waals surface area contributed by atoms with Gasteiger partial charge >= 0.3 is 0 Å². The summed E-state index contributed by atoms with van der Waals surface area (Å²) >= 11 is 0. The van der Waals surface area contributed by atoms with E-state index >= 15 is 0 Å². The van der Waals surface area contributed by atoms with Crippen molar-refractivity contribution >= 4 is 11.7 Å². The Balaban J connectivity index is 1.35. The normalized spacial score (nSPS) is 21.2. The Bertz CT molecular complexity index is 925. The number of nitrogens with one attached hydrogen (secondary N) is 1. The molecule has 7 heteroatoms. The van der Waals surface area contributed by atoms with Gasteiger partial charge in [0.2, 0.25) is 5.91 Å². The zero-order valence-electron chi connectivity index (χ0n) is 17.4. The summed E-state index contributed by atoms with van der Waals surface area (Å²) in [5.41, 5.74) is 1.66. The van der Waals surface area contributed by atoms with Gasteiger partial charge in [-0.25, -0.2) is 4.98 Å². The Kier molecular flexibility index (Phi) is 5.86. The number of ether oxygens (including phenoxy) is 1. The quantitative estimate of drug-likeness (QED) is 0.795. The molecule has 2 bridgehead atoms. The predicted molar refractivity (Wildman–Crippen MR) is 114 cm³/mol. The van der Waals surface area contributed by atoms with Crippen LogP contribution in [-0.2, 0) is 4.79 Å². The van der Waals surface area contributed by atoms with Crippen LogP contribution in [-0.4, -0.2) is 54.6 Å². The van der Waals surface area contributed by atoms with Crippen molar-refractivity contribution in [2.75, 3.05) is 31.6 Å². The standard InChI is InChI=1S/C23H27N5O2/c1-16(18-4-3-5-21(10-18)30-2)25-13-23(29)27-14-19-7-8-20(15-27)28(19)22-9-6-17(11-24)12-26-22/h3-6,9-10,12,16,19-20,25H,7-8,13-15H2,1-2H3/t16-,19?,20?/m0/s1. The highest BCUT2D eigenvalue weighted by Crippen LogP contribution is 2.34. The lowest BCUT2D eigenvalue weighted by Gasteiger charge is -2.42. The molecule has 0 saturated carbocycles. The number of aromatic nitrogens is 1. The number of benzene rings is 1. The van der Waals surface area contributed by atoms with E-state index in [1.165, 1.54) is 0 Å². The van der Waals surface area contributed by atoms with Crippen molar-refractivity contribution in [3.05, 3.63) is 53.7 Å². The summed E-state index contributed by atoms with van der Waals surface area (Å²) in [7, 11) is 1.65. The Morgan fingerprint density at radius 1 is 1.30 bits per heavy atom. The number of rotatable bonds is 6. The van der Waals surface area contributed by atoms with E-state index in [0.717, 1.165) is 30.0 Å². The van der Waals surface area contributed by atoms with Gasteiger partial charge in [0.1, 0.15) is 17.6 Å². The van der Waals surface area contributed by atoms with Crippen LogP contribution in [0.1, 0.15) is 36.9 Å². The molecule has 1 amide bonds. The molecule has 2 fully saturated rings. The number of amides is 1. The van der Waals surface area contributed by atoms with E-state index in [1.54, 1.807) is 13.3 Å². The molecule has 2 saturated heterocycles. The maximum atomic E-state index is 12.9. The molecule has 1 N–H and O–H groups in total. The van der Waals surface area contributed by atoms with Crippen molar-refractivity contribution in [1.29, 1.82) is 5.26 Å². The van der Waals surface area contributed by atoms with Gasteiger partial charge in [-0.05, 0) is 49.6 Å². The fraction of sp³-hybridized carbons (Fsp3) is 0.435. The highest BCUT2D eigenvalue weighted by Gasteiger charge is 2.41. The molecule has 0 aliphatic carbocycles. The van der Waals surface area contributed by atoms with Gasteiger partial charge in [-0.1, -0.05) is 12.1 Å². The van der Waals surface area contributed by atoms with Gasteiger partial charge in [-0.2, -0.15) is 5.26 Å². The van der Waals surface area contributed by atoms with E-state index in [4.69, 9.17) is 10.00 Å². The number of piperazine rings is 1. The molecule has 2 unspecified atom stereocenters. The molecule has 3 heterocycles. The van der Waals surface area contributed by atoms with Crippen molar-refractivity contribution < 1.29 is 9.53 Å². The number of nitriles is 1. The van der Waals surface area contributed by atoms with Crippen LogP contribution in [0, 0.1) is 11.3 Å². The van der Waals surface area contributed by atoms with Crippen LogP contribution in [0.3, 0.4) is 0 Å². The number of methoxy groups -OCH3 is 1. The molecule has 2 aliphatic rings. The van der Waals surface area contributed by atoms with Gasteiger partial charge in [0.25, 0.3) is 0 Å². The SMILES string of the molecule is COc1cccc([C@H](C)NCC(=O)N2CC3CCC(C2)N3c2ccc(C#N)cn2)c1. The molecule has 7 nitrogen and oxygen atoms in total. The first-order valence-electron chi connectivity index (χ1n) is 10.4. The fourth-order valence-electron chi connectivity index (χ4n) is 4.47. The lowest BCUT2D eigenvalue weighted by atomic mass is 10.1. The van der Waals surface area contributed by atoms with Gasteiger partial charge in [0, 0.05) is 37.4 Å². The molecule has 4 rings (SSSR count). The lowest BCUT2D eigenvalue weighted by molar-refractivity contribution is -0.131. The first-order valence-corrected chi connectivity index (χ1v) is 10.4. The zero-order chi connectivity index (χ0) is 21.1. The second kappa shape index (κ2) is 8.72. The number of carbonyl (C=O) groups excluding carboxylic acids is 1.